The van der Waals surface area contributed by atoms with E-state index in [2.05, 4.69) is 14.7 Å². The molecule has 2 rings (SSSR count). The number of nitrogens with one attached hydrogen (secondary N) is 1. The topological polar surface area (TPSA) is 93.2 Å². The Morgan fingerprint density at radius 3 is 2.70 bits per heavy atom. The maximum Gasteiger partial charge on any atom is 0.245 e. The zero-order valence-corrected chi connectivity index (χ0v) is 12.7. The van der Waals surface area contributed by atoms with Crippen LogP contribution in [0.4, 0.5) is 5.82 Å². The second-order valence-electron chi connectivity index (χ2n) is 5.03. The number of nitrogens with two attached hydrogens (primary N) is 1. The Balaban J connectivity index is 1.85. The number of likely N-dealkylation sites (tertiary alicyclic amines) is 1. The Labute approximate surface area is 120 Å². The van der Waals surface area contributed by atoms with Crippen molar-refractivity contribution in [3.8, 4) is 0 Å². The summed E-state index contributed by atoms with van der Waals surface area (Å²) in [5.41, 5.74) is 5.65. The molecule has 7 nitrogen and oxygen atoms in total. The summed E-state index contributed by atoms with van der Waals surface area (Å²) >= 11 is 0. The van der Waals surface area contributed by atoms with Crippen LogP contribution in [-0.2, 0) is 16.6 Å². The minimum atomic E-state index is -3.55. The lowest BCUT2D eigenvalue weighted by Crippen LogP contribution is -2.29. The van der Waals surface area contributed by atoms with Gasteiger partial charge in [-0.25, -0.2) is 13.1 Å². The first-order chi connectivity index (χ1) is 9.53. The summed E-state index contributed by atoms with van der Waals surface area (Å²) in [6, 6.07) is 0. The Bertz CT molecular complexity index is 534. The van der Waals surface area contributed by atoms with E-state index in [9.17, 15) is 8.42 Å². The number of hydrogen-bond acceptors (Lipinski definition) is 5. The summed E-state index contributed by atoms with van der Waals surface area (Å²) in [7, 11) is -3.55. The van der Waals surface area contributed by atoms with Gasteiger partial charge in [0.15, 0.2) is 5.82 Å². The van der Waals surface area contributed by atoms with Crippen molar-refractivity contribution >= 4 is 15.8 Å². The second kappa shape index (κ2) is 6.55. The molecule has 0 bridgehead atoms. The lowest BCUT2D eigenvalue weighted by molar-refractivity contribution is 0.334. The molecule has 0 atom stereocenters. The molecule has 1 saturated heterocycles. The van der Waals surface area contributed by atoms with Crippen molar-refractivity contribution in [1.29, 1.82) is 0 Å². The molecule has 1 fully saturated rings. The van der Waals surface area contributed by atoms with Crippen LogP contribution >= 0.6 is 0 Å². The van der Waals surface area contributed by atoms with E-state index in [-0.39, 0.29) is 10.7 Å². The van der Waals surface area contributed by atoms with E-state index in [1.165, 1.54) is 23.7 Å². The minimum Gasteiger partial charge on any atom is -0.381 e. The van der Waals surface area contributed by atoms with E-state index in [0.717, 1.165) is 26.1 Å². The number of nitrogen functional groups attached to an aromatic ring is 1. The average Bonchev–Trinajstić information content (AvgIpc) is 3.04. The number of nitrogens with zero attached hydrogens (tertiary/aromatic N) is 3. The molecule has 0 aliphatic carbocycles. The van der Waals surface area contributed by atoms with Crippen molar-refractivity contribution in [3.05, 3.63) is 6.20 Å². The Hall–Kier alpha value is -1.12. The van der Waals surface area contributed by atoms with Gasteiger partial charge in [-0.15, -0.1) is 0 Å². The molecule has 3 N–H and O–H groups in total. The molecule has 0 unspecified atom stereocenters. The number of rotatable bonds is 7. The largest absolute Gasteiger partial charge is 0.381 e. The van der Waals surface area contributed by atoms with Gasteiger partial charge in [-0.05, 0) is 45.8 Å². The highest BCUT2D eigenvalue weighted by Crippen LogP contribution is 2.15. The van der Waals surface area contributed by atoms with E-state index in [1.54, 1.807) is 0 Å². The van der Waals surface area contributed by atoms with Crippen LogP contribution in [0.2, 0.25) is 0 Å². The smallest absolute Gasteiger partial charge is 0.245 e. The molecular weight excluding hydrogens is 278 g/mol. The third-order valence-electron chi connectivity index (χ3n) is 3.51. The molecule has 114 valence electrons. The maximum atomic E-state index is 12.1. The van der Waals surface area contributed by atoms with Crippen LogP contribution in [0, 0.1) is 0 Å². The summed E-state index contributed by atoms with van der Waals surface area (Å²) in [4.78, 5) is 2.43. The Morgan fingerprint density at radius 2 is 2.10 bits per heavy atom. The predicted octanol–water partition coefficient (Wildman–Crippen LogP) is 0.249. The molecule has 2 heterocycles. The zero-order chi connectivity index (χ0) is 14.6. The van der Waals surface area contributed by atoms with Crippen molar-refractivity contribution in [1.82, 2.24) is 19.4 Å². The third kappa shape index (κ3) is 3.71. The molecule has 1 aromatic rings. The van der Waals surface area contributed by atoms with Crippen LogP contribution in [0.5, 0.6) is 0 Å². The molecule has 0 saturated carbocycles. The van der Waals surface area contributed by atoms with Crippen LogP contribution in [0.3, 0.4) is 0 Å². The van der Waals surface area contributed by atoms with Crippen LogP contribution in [-0.4, -0.2) is 49.3 Å². The first-order valence-electron chi connectivity index (χ1n) is 7.08. The van der Waals surface area contributed by atoms with Crippen molar-refractivity contribution in [2.45, 2.75) is 37.6 Å². The maximum absolute atomic E-state index is 12.1. The van der Waals surface area contributed by atoms with Gasteiger partial charge in [-0.1, -0.05) is 0 Å². The van der Waals surface area contributed by atoms with Crippen LogP contribution < -0.4 is 10.5 Å². The standard InChI is InChI=1S/C12H23N5O2S/c1-2-17-10-11(12(13)15-17)20(18,19)14-6-5-9-16-7-3-4-8-16/h10,14H,2-9H2,1H3,(H2,13,15). The summed E-state index contributed by atoms with van der Waals surface area (Å²) < 4.78 is 28.4. The molecule has 20 heavy (non-hydrogen) atoms. The van der Waals surface area contributed by atoms with Gasteiger partial charge in [0.2, 0.25) is 10.0 Å². The van der Waals surface area contributed by atoms with Gasteiger partial charge in [0.25, 0.3) is 0 Å². The van der Waals surface area contributed by atoms with Gasteiger partial charge in [0.1, 0.15) is 4.90 Å². The number of aromatic nitrogens is 2. The van der Waals surface area contributed by atoms with Crippen LogP contribution in [0.15, 0.2) is 11.1 Å². The van der Waals surface area contributed by atoms with Gasteiger partial charge in [0.05, 0.1) is 0 Å². The highest BCUT2D eigenvalue weighted by Gasteiger charge is 2.20. The van der Waals surface area contributed by atoms with Crippen molar-refractivity contribution < 1.29 is 8.42 Å². The molecule has 1 aliphatic rings. The van der Waals surface area contributed by atoms with Gasteiger partial charge >= 0.3 is 0 Å². The normalized spacial score (nSPS) is 16.9. The van der Waals surface area contributed by atoms with Gasteiger partial charge in [-0.2, -0.15) is 5.10 Å². The molecule has 0 aromatic carbocycles. The minimum absolute atomic E-state index is 0.0545. The predicted molar refractivity (Wildman–Crippen MR) is 77.8 cm³/mol. The van der Waals surface area contributed by atoms with E-state index in [0.29, 0.717) is 13.1 Å². The van der Waals surface area contributed by atoms with Crippen LogP contribution in [0.1, 0.15) is 26.2 Å². The first-order valence-corrected chi connectivity index (χ1v) is 8.56. The average molecular weight is 301 g/mol. The van der Waals surface area contributed by atoms with Crippen molar-refractivity contribution in [3.63, 3.8) is 0 Å². The summed E-state index contributed by atoms with van der Waals surface area (Å²) in [6.07, 6.45) is 4.77. The van der Waals surface area contributed by atoms with Crippen molar-refractivity contribution in [2.75, 3.05) is 31.9 Å². The molecule has 1 aromatic heterocycles. The zero-order valence-electron chi connectivity index (χ0n) is 11.9. The highest BCUT2D eigenvalue weighted by atomic mass is 32.2. The van der Waals surface area contributed by atoms with Gasteiger partial charge in [-0.3, -0.25) is 4.68 Å². The summed E-state index contributed by atoms with van der Waals surface area (Å²) in [5, 5.41) is 3.95. The summed E-state index contributed by atoms with van der Waals surface area (Å²) in [5.74, 6) is 0.0545. The van der Waals surface area contributed by atoms with E-state index >= 15 is 0 Å². The first kappa shape index (κ1) is 15.3. The molecule has 8 heteroatoms. The number of aryl methyl sites for hydroxylation is 1. The quantitative estimate of drug-likeness (QED) is 0.704. The van der Waals surface area contributed by atoms with E-state index in [1.807, 2.05) is 6.92 Å². The van der Waals surface area contributed by atoms with Gasteiger partial charge in [0, 0.05) is 19.3 Å². The van der Waals surface area contributed by atoms with Crippen molar-refractivity contribution in [2.24, 2.45) is 0 Å². The lowest BCUT2D eigenvalue weighted by Gasteiger charge is -2.14. The fourth-order valence-electron chi connectivity index (χ4n) is 2.38. The Morgan fingerprint density at radius 1 is 1.40 bits per heavy atom. The number of sulfonamides is 1. The lowest BCUT2D eigenvalue weighted by atomic mass is 10.4. The monoisotopic (exact) mass is 301 g/mol. The number of anilines is 1. The fraction of sp³-hybridized carbons (Fsp3) is 0.750. The van der Waals surface area contributed by atoms with Crippen LogP contribution in [0.25, 0.3) is 0 Å². The number of hydrogen-bond donors (Lipinski definition) is 2. The SMILES string of the molecule is CCn1cc(S(=O)(=O)NCCCN2CCCC2)c(N)n1. The Kier molecular flexibility index (Phi) is 5.00. The third-order valence-corrected chi connectivity index (χ3v) is 4.99. The molecule has 0 radical (unpaired) electrons. The summed E-state index contributed by atoms with van der Waals surface area (Å²) in [6.45, 7) is 6.09. The molecular formula is C12H23N5O2S. The van der Waals surface area contributed by atoms with E-state index < -0.39 is 10.0 Å². The second-order valence-corrected chi connectivity index (χ2v) is 6.77. The highest BCUT2D eigenvalue weighted by molar-refractivity contribution is 7.89. The fourth-order valence-corrected chi connectivity index (χ4v) is 3.53. The van der Waals surface area contributed by atoms with Gasteiger partial charge < -0.3 is 10.6 Å². The molecule has 0 spiro atoms. The molecule has 0 amide bonds. The van der Waals surface area contributed by atoms with E-state index in [4.69, 9.17) is 5.73 Å². The molecule has 1 aliphatic heterocycles.